The molecule has 0 saturated carbocycles. The standard InChI is InChI=1S/C16H13N5O2/c1-17-15(22)14-18-11-4-2-3-5-13(11)21(14)9-6-7-10-12(8-9)20-16(23)19-10/h2-8H,1H3,(H,17,22)(H2,19,20,23). The van der Waals surface area contributed by atoms with Gasteiger partial charge in [-0.05, 0) is 30.3 Å². The molecule has 23 heavy (non-hydrogen) atoms. The predicted octanol–water partition coefficient (Wildman–Crippen LogP) is 1.55. The van der Waals surface area contributed by atoms with Crippen molar-refractivity contribution >= 4 is 28.0 Å². The van der Waals surface area contributed by atoms with Crippen LogP contribution in [0.15, 0.2) is 47.3 Å². The molecule has 4 aromatic rings. The molecule has 2 aromatic carbocycles. The Morgan fingerprint density at radius 2 is 1.91 bits per heavy atom. The first-order valence-electron chi connectivity index (χ1n) is 7.09. The maximum Gasteiger partial charge on any atom is 0.323 e. The maximum atomic E-state index is 12.2. The number of nitrogens with zero attached hydrogens (tertiary/aromatic N) is 2. The SMILES string of the molecule is CNC(=O)c1nc2ccccc2n1-c1ccc2[nH]c(=O)[nH]c2c1. The minimum atomic E-state index is -0.274. The second-order valence-corrected chi connectivity index (χ2v) is 5.15. The van der Waals surface area contributed by atoms with E-state index in [2.05, 4.69) is 20.3 Å². The Kier molecular flexibility index (Phi) is 2.80. The summed E-state index contributed by atoms with van der Waals surface area (Å²) < 4.78 is 1.78. The van der Waals surface area contributed by atoms with Gasteiger partial charge in [0.05, 0.1) is 27.8 Å². The van der Waals surface area contributed by atoms with Crippen LogP contribution in [0.2, 0.25) is 0 Å². The van der Waals surface area contributed by atoms with Crippen LogP contribution in [0.1, 0.15) is 10.6 Å². The number of aromatic amines is 2. The molecule has 0 aliphatic rings. The van der Waals surface area contributed by atoms with E-state index in [1.165, 1.54) is 0 Å². The molecular weight excluding hydrogens is 294 g/mol. The van der Waals surface area contributed by atoms with Gasteiger partial charge in [-0.3, -0.25) is 9.36 Å². The Morgan fingerprint density at radius 1 is 1.13 bits per heavy atom. The molecule has 7 nitrogen and oxygen atoms in total. The molecule has 2 heterocycles. The zero-order valence-electron chi connectivity index (χ0n) is 12.3. The van der Waals surface area contributed by atoms with E-state index in [0.717, 1.165) is 16.7 Å². The summed E-state index contributed by atoms with van der Waals surface area (Å²) in [6.07, 6.45) is 0. The number of imidazole rings is 2. The molecule has 0 unspecified atom stereocenters. The number of carbonyl (C=O) groups is 1. The van der Waals surface area contributed by atoms with Crippen LogP contribution in [0.3, 0.4) is 0 Å². The van der Waals surface area contributed by atoms with Crippen LogP contribution in [-0.2, 0) is 0 Å². The molecule has 1 amide bonds. The number of hydrogen-bond acceptors (Lipinski definition) is 3. The minimum absolute atomic E-state index is 0.265. The number of aromatic nitrogens is 4. The van der Waals surface area contributed by atoms with Gasteiger partial charge in [0.15, 0.2) is 0 Å². The average molecular weight is 307 g/mol. The van der Waals surface area contributed by atoms with E-state index in [1.54, 1.807) is 17.7 Å². The average Bonchev–Trinajstić information content (AvgIpc) is 3.12. The van der Waals surface area contributed by atoms with Gasteiger partial charge in [-0.25, -0.2) is 9.78 Å². The maximum absolute atomic E-state index is 12.2. The third kappa shape index (κ3) is 2.02. The van der Waals surface area contributed by atoms with E-state index in [4.69, 9.17) is 0 Å². The summed E-state index contributed by atoms with van der Waals surface area (Å²) in [5.74, 6) is 0.0230. The van der Waals surface area contributed by atoms with Crippen LogP contribution in [0, 0.1) is 0 Å². The molecule has 2 aromatic heterocycles. The monoisotopic (exact) mass is 307 g/mol. The number of H-pyrrole nitrogens is 2. The lowest BCUT2D eigenvalue weighted by atomic mass is 10.2. The molecule has 0 radical (unpaired) electrons. The third-order valence-electron chi connectivity index (χ3n) is 3.75. The van der Waals surface area contributed by atoms with Crippen molar-refractivity contribution < 1.29 is 4.79 Å². The summed E-state index contributed by atoms with van der Waals surface area (Å²) in [6, 6.07) is 13.0. The van der Waals surface area contributed by atoms with E-state index < -0.39 is 0 Å². The minimum Gasteiger partial charge on any atom is -0.352 e. The molecule has 0 spiro atoms. The zero-order chi connectivity index (χ0) is 16.0. The highest BCUT2D eigenvalue weighted by Crippen LogP contribution is 2.23. The second-order valence-electron chi connectivity index (χ2n) is 5.15. The molecule has 0 saturated heterocycles. The molecule has 0 aliphatic heterocycles. The van der Waals surface area contributed by atoms with Gasteiger partial charge in [0.1, 0.15) is 0 Å². The van der Waals surface area contributed by atoms with Crippen LogP contribution >= 0.6 is 0 Å². The molecule has 0 atom stereocenters. The zero-order valence-corrected chi connectivity index (χ0v) is 12.3. The number of hydrogen-bond donors (Lipinski definition) is 3. The number of benzene rings is 2. The highest BCUT2D eigenvalue weighted by Gasteiger charge is 2.18. The number of nitrogens with one attached hydrogen (secondary N) is 3. The van der Waals surface area contributed by atoms with Gasteiger partial charge in [-0.2, -0.15) is 0 Å². The summed E-state index contributed by atoms with van der Waals surface area (Å²) >= 11 is 0. The van der Waals surface area contributed by atoms with Crippen molar-refractivity contribution in [2.24, 2.45) is 0 Å². The lowest BCUT2D eigenvalue weighted by Crippen LogP contribution is -2.22. The Hall–Kier alpha value is -3.35. The Bertz CT molecular complexity index is 1100. The Balaban J connectivity index is 2.05. The predicted molar refractivity (Wildman–Crippen MR) is 86.9 cm³/mol. The summed E-state index contributed by atoms with van der Waals surface area (Å²) in [6.45, 7) is 0. The number of carbonyl (C=O) groups excluding carboxylic acids is 1. The second kappa shape index (κ2) is 4.84. The van der Waals surface area contributed by atoms with E-state index in [0.29, 0.717) is 16.9 Å². The summed E-state index contributed by atoms with van der Waals surface area (Å²) in [7, 11) is 1.57. The first kappa shape index (κ1) is 13.3. The first-order chi connectivity index (χ1) is 11.2. The van der Waals surface area contributed by atoms with Crippen LogP contribution < -0.4 is 11.0 Å². The van der Waals surface area contributed by atoms with E-state index in [9.17, 15) is 9.59 Å². The Morgan fingerprint density at radius 3 is 2.74 bits per heavy atom. The van der Waals surface area contributed by atoms with Gasteiger partial charge >= 0.3 is 5.69 Å². The van der Waals surface area contributed by atoms with Crippen LogP contribution in [0.25, 0.3) is 27.8 Å². The smallest absolute Gasteiger partial charge is 0.323 e. The molecule has 0 fully saturated rings. The summed E-state index contributed by atoms with van der Waals surface area (Å²) in [4.78, 5) is 33.5. The molecule has 0 aliphatic carbocycles. The molecule has 0 bridgehead atoms. The van der Waals surface area contributed by atoms with Gasteiger partial charge in [0.2, 0.25) is 5.82 Å². The van der Waals surface area contributed by atoms with Crippen molar-refractivity contribution in [2.75, 3.05) is 7.05 Å². The highest BCUT2D eigenvalue weighted by atomic mass is 16.2. The van der Waals surface area contributed by atoms with Gasteiger partial charge in [0.25, 0.3) is 5.91 Å². The van der Waals surface area contributed by atoms with Crippen molar-refractivity contribution in [3.05, 3.63) is 58.8 Å². The quantitative estimate of drug-likeness (QED) is 0.524. The molecular formula is C16H13N5O2. The van der Waals surface area contributed by atoms with E-state index in [-0.39, 0.29) is 11.6 Å². The summed E-state index contributed by atoms with van der Waals surface area (Å²) in [5.41, 5.74) is 3.43. The van der Waals surface area contributed by atoms with Crippen molar-refractivity contribution in [3.63, 3.8) is 0 Å². The lowest BCUT2D eigenvalue weighted by molar-refractivity contribution is 0.0951. The third-order valence-corrected chi connectivity index (χ3v) is 3.75. The van der Waals surface area contributed by atoms with E-state index >= 15 is 0 Å². The van der Waals surface area contributed by atoms with Crippen molar-refractivity contribution in [3.8, 4) is 5.69 Å². The number of para-hydroxylation sites is 2. The van der Waals surface area contributed by atoms with Gasteiger partial charge in [-0.15, -0.1) is 0 Å². The normalized spacial score (nSPS) is 11.2. The fourth-order valence-corrected chi connectivity index (χ4v) is 2.71. The van der Waals surface area contributed by atoms with Gasteiger partial charge in [-0.1, -0.05) is 12.1 Å². The molecule has 3 N–H and O–H groups in total. The molecule has 114 valence electrons. The van der Waals surface area contributed by atoms with Crippen molar-refractivity contribution in [2.45, 2.75) is 0 Å². The number of rotatable bonds is 2. The van der Waals surface area contributed by atoms with Gasteiger partial charge in [0, 0.05) is 7.05 Å². The van der Waals surface area contributed by atoms with Crippen molar-refractivity contribution in [1.29, 1.82) is 0 Å². The summed E-state index contributed by atoms with van der Waals surface area (Å²) in [5, 5.41) is 2.61. The van der Waals surface area contributed by atoms with Crippen LogP contribution in [0.5, 0.6) is 0 Å². The highest BCUT2D eigenvalue weighted by molar-refractivity contribution is 5.96. The van der Waals surface area contributed by atoms with Crippen molar-refractivity contribution in [1.82, 2.24) is 24.8 Å². The fourth-order valence-electron chi connectivity index (χ4n) is 2.71. The number of fused-ring (bicyclic) bond motifs is 2. The van der Waals surface area contributed by atoms with E-state index in [1.807, 2.05) is 36.4 Å². The fraction of sp³-hybridized carbons (Fsp3) is 0.0625. The number of amides is 1. The largest absolute Gasteiger partial charge is 0.352 e. The topological polar surface area (TPSA) is 95.6 Å². The van der Waals surface area contributed by atoms with Gasteiger partial charge < -0.3 is 15.3 Å². The first-order valence-corrected chi connectivity index (χ1v) is 7.09. The molecule has 4 rings (SSSR count). The van der Waals surface area contributed by atoms with Crippen LogP contribution in [-0.4, -0.2) is 32.5 Å². The Labute approximate surface area is 130 Å². The van der Waals surface area contributed by atoms with Crippen LogP contribution in [0.4, 0.5) is 0 Å². The lowest BCUT2D eigenvalue weighted by Gasteiger charge is -2.08. The molecule has 7 heteroatoms.